The van der Waals surface area contributed by atoms with E-state index in [4.69, 9.17) is 6.11 Å². The minimum absolute atomic E-state index is 0.204. The lowest BCUT2D eigenvalue weighted by molar-refractivity contribution is -0.128. The third-order valence-electron chi connectivity index (χ3n) is 4.91. The van der Waals surface area contributed by atoms with Crippen LogP contribution in [0.3, 0.4) is 0 Å². The first-order chi connectivity index (χ1) is 14.5. The number of pyridine rings is 1. The number of piperazine rings is 1. The average Bonchev–Trinajstić information content (AvgIpc) is 2.77. The summed E-state index contributed by atoms with van der Waals surface area (Å²) in [6.45, 7) is 4.91. The van der Waals surface area contributed by atoms with Crippen LogP contribution in [0.4, 0.5) is 10.2 Å². The quantitative estimate of drug-likeness (QED) is 0.634. The molecule has 0 saturated carbocycles. The number of hydrogen-bond donors (Lipinski definition) is 0. The van der Waals surface area contributed by atoms with E-state index in [1.54, 1.807) is 12.3 Å². The van der Waals surface area contributed by atoms with Gasteiger partial charge in [0.1, 0.15) is 12.1 Å². The fourth-order valence-electron chi connectivity index (χ4n) is 3.38. The van der Waals surface area contributed by atoms with Crippen molar-refractivity contribution < 1.29 is 15.3 Å². The van der Waals surface area contributed by atoms with Gasteiger partial charge in [0.15, 0.2) is 5.83 Å². The van der Waals surface area contributed by atoms with Crippen molar-refractivity contribution in [1.29, 1.82) is 0 Å². The number of methoxy groups -OCH3 is 1. The van der Waals surface area contributed by atoms with Crippen molar-refractivity contribution in [3.63, 3.8) is 0 Å². The highest BCUT2D eigenvalue weighted by Crippen LogP contribution is 2.29. The lowest BCUT2D eigenvalue weighted by Crippen LogP contribution is -2.49. The van der Waals surface area contributed by atoms with Gasteiger partial charge in [0.05, 0.1) is 14.0 Å². The van der Waals surface area contributed by atoms with Gasteiger partial charge in [0.2, 0.25) is 5.88 Å². The van der Waals surface area contributed by atoms with E-state index in [1.165, 1.54) is 18.3 Å². The predicted molar refractivity (Wildman–Crippen MR) is 108 cm³/mol. The molecule has 0 radical (unpaired) electrons. The molecule has 0 spiro atoms. The lowest BCUT2D eigenvalue weighted by atomic mass is 10.0. The van der Waals surface area contributed by atoms with Crippen molar-refractivity contribution in [3.05, 3.63) is 55.2 Å². The van der Waals surface area contributed by atoms with Gasteiger partial charge in [-0.15, -0.1) is 0 Å². The molecule has 3 heterocycles. The average molecular weight is 394 g/mol. The molecule has 4 rings (SSSR count). The van der Waals surface area contributed by atoms with E-state index in [-0.39, 0.29) is 11.9 Å². The summed E-state index contributed by atoms with van der Waals surface area (Å²) in [5.74, 6) is -0.586. The molecule has 3 aromatic rings. The van der Waals surface area contributed by atoms with Gasteiger partial charge in [-0.3, -0.25) is 4.79 Å². The molecule has 0 atom stereocenters. The number of amides is 1. The van der Waals surface area contributed by atoms with Crippen LogP contribution in [0.15, 0.2) is 55.2 Å². The van der Waals surface area contributed by atoms with E-state index in [9.17, 15) is 9.18 Å². The summed E-state index contributed by atoms with van der Waals surface area (Å²) in [6, 6.07) is 7.69. The zero-order valence-corrected chi connectivity index (χ0v) is 15.9. The van der Waals surface area contributed by atoms with E-state index < -0.39 is 11.7 Å². The monoisotopic (exact) mass is 394 g/mol. The first-order valence-electron chi connectivity index (χ1n) is 9.62. The second-order valence-corrected chi connectivity index (χ2v) is 6.62. The van der Waals surface area contributed by atoms with Crippen LogP contribution in [0, 0.1) is 0 Å². The molecule has 0 aliphatic carbocycles. The number of aromatic nitrogens is 3. The molecule has 2 aromatic heterocycles. The largest absolute Gasteiger partial charge is 0.481 e. The van der Waals surface area contributed by atoms with Gasteiger partial charge in [0.25, 0.3) is 5.91 Å². The highest BCUT2D eigenvalue weighted by atomic mass is 19.1. The fraction of sp³-hybridized carbons (Fsp3) is 0.238. The second kappa shape index (κ2) is 7.83. The Morgan fingerprint density at radius 2 is 1.97 bits per heavy atom. The molecule has 1 amide bonds. The van der Waals surface area contributed by atoms with Crippen LogP contribution in [0.5, 0.6) is 5.88 Å². The highest BCUT2D eigenvalue weighted by Gasteiger charge is 2.24. The van der Waals surface area contributed by atoms with Gasteiger partial charge in [-0.25, -0.2) is 19.3 Å². The maximum atomic E-state index is 13.1. The number of hydrogen-bond acceptors (Lipinski definition) is 6. The standard InChI is InChI=1S/C21H20FN5O2/c1-14(22)21(28)27-9-7-26(8-10-27)20-17-11-15(3-5-18(17)24-13-25-20)16-4-6-19(29-2)23-12-16/h3-6,11-13H,1,7-10H2,2H3/i6D. The first kappa shape index (κ1) is 17.5. The minimum Gasteiger partial charge on any atom is -0.481 e. The Labute approximate surface area is 168 Å². The number of nitrogens with zero attached hydrogens (tertiary/aromatic N) is 5. The third-order valence-corrected chi connectivity index (χ3v) is 4.91. The Balaban J connectivity index is 1.65. The van der Waals surface area contributed by atoms with Crippen LogP contribution < -0.4 is 9.64 Å². The molecule has 8 heteroatoms. The Bertz CT molecular complexity index is 1130. The smallest absolute Gasteiger partial charge is 0.282 e. The summed E-state index contributed by atoms with van der Waals surface area (Å²) in [5, 5.41) is 0.854. The molecule has 0 bridgehead atoms. The van der Waals surface area contributed by atoms with Crippen molar-refractivity contribution in [2.24, 2.45) is 0 Å². The van der Waals surface area contributed by atoms with Gasteiger partial charge in [-0.1, -0.05) is 12.6 Å². The van der Waals surface area contributed by atoms with Crippen LogP contribution in [-0.2, 0) is 4.79 Å². The van der Waals surface area contributed by atoms with Crippen LogP contribution in [0.2, 0.25) is 0 Å². The molecular weight excluding hydrogens is 373 g/mol. The van der Waals surface area contributed by atoms with Gasteiger partial charge >= 0.3 is 0 Å². The minimum atomic E-state index is -0.942. The van der Waals surface area contributed by atoms with E-state index in [0.717, 1.165) is 27.8 Å². The van der Waals surface area contributed by atoms with Gasteiger partial charge in [-0.2, -0.15) is 0 Å². The number of carbonyl (C=O) groups is 1. The van der Waals surface area contributed by atoms with E-state index >= 15 is 0 Å². The van der Waals surface area contributed by atoms with E-state index in [2.05, 4.69) is 26.4 Å². The molecule has 29 heavy (non-hydrogen) atoms. The molecule has 7 nitrogen and oxygen atoms in total. The van der Waals surface area contributed by atoms with Crippen molar-refractivity contribution in [2.75, 3.05) is 38.2 Å². The van der Waals surface area contributed by atoms with Crippen molar-refractivity contribution >= 4 is 22.6 Å². The summed E-state index contributed by atoms with van der Waals surface area (Å²) in [7, 11) is 1.48. The van der Waals surface area contributed by atoms with Crippen molar-refractivity contribution in [2.45, 2.75) is 0 Å². The molecule has 0 N–H and O–H groups in total. The third kappa shape index (κ3) is 3.73. The van der Waals surface area contributed by atoms with Gasteiger partial charge in [0, 0.05) is 49.4 Å². The lowest BCUT2D eigenvalue weighted by Gasteiger charge is -2.35. The van der Waals surface area contributed by atoms with Crippen LogP contribution in [0.1, 0.15) is 1.37 Å². The maximum absolute atomic E-state index is 13.1. The molecule has 1 aliphatic rings. The summed E-state index contributed by atoms with van der Waals surface area (Å²) in [5.41, 5.74) is 2.45. The summed E-state index contributed by atoms with van der Waals surface area (Å²) < 4.78 is 26.2. The zero-order valence-electron chi connectivity index (χ0n) is 16.9. The number of anilines is 1. The Morgan fingerprint density at radius 1 is 1.17 bits per heavy atom. The summed E-state index contributed by atoms with van der Waals surface area (Å²) in [4.78, 5) is 28.3. The SMILES string of the molecule is [2H]c1cc(-c2ccc3ncnc(N4CCN(C(=O)C(=C)F)CC4)c3c2)cnc1OC. The van der Waals surface area contributed by atoms with Crippen molar-refractivity contribution in [1.82, 2.24) is 19.9 Å². The Kier molecular flexibility index (Phi) is 4.73. The highest BCUT2D eigenvalue weighted by molar-refractivity contribution is 5.93. The first-order valence-corrected chi connectivity index (χ1v) is 9.12. The molecule has 1 aromatic carbocycles. The fourth-order valence-corrected chi connectivity index (χ4v) is 3.38. The molecule has 0 unspecified atom stereocenters. The number of rotatable bonds is 4. The van der Waals surface area contributed by atoms with Gasteiger partial charge in [-0.05, 0) is 23.8 Å². The summed E-state index contributed by atoms with van der Waals surface area (Å²) in [6.07, 6.45) is 3.17. The Morgan fingerprint density at radius 3 is 2.66 bits per heavy atom. The topological polar surface area (TPSA) is 71.5 Å². The number of ether oxygens (including phenoxy) is 1. The number of fused-ring (bicyclic) bond motifs is 1. The number of benzene rings is 1. The van der Waals surface area contributed by atoms with E-state index in [0.29, 0.717) is 26.2 Å². The van der Waals surface area contributed by atoms with Gasteiger partial charge < -0.3 is 14.5 Å². The normalized spacial score (nSPS) is 14.6. The maximum Gasteiger partial charge on any atom is 0.282 e. The second-order valence-electron chi connectivity index (χ2n) is 6.62. The van der Waals surface area contributed by atoms with E-state index in [1.807, 2.05) is 18.2 Å². The molecule has 1 saturated heterocycles. The molecule has 148 valence electrons. The number of carbonyl (C=O) groups excluding carboxylic acids is 1. The van der Waals surface area contributed by atoms with Crippen LogP contribution in [0.25, 0.3) is 22.0 Å². The molecule has 1 aliphatic heterocycles. The van der Waals surface area contributed by atoms with Crippen LogP contribution >= 0.6 is 0 Å². The van der Waals surface area contributed by atoms with Crippen molar-refractivity contribution in [3.8, 4) is 17.0 Å². The Hall–Kier alpha value is -3.55. The summed E-state index contributed by atoms with van der Waals surface area (Å²) >= 11 is 0. The predicted octanol–water partition coefficient (Wildman–Crippen LogP) is 2.83. The molecule has 1 fully saturated rings. The molecular formula is C21H20FN5O2. The number of halogens is 1. The van der Waals surface area contributed by atoms with Crippen LogP contribution in [-0.4, -0.2) is 59.0 Å². The zero-order chi connectivity index (χ0) is 21.3.